The zero-order valence-electron chi connectivity index (χ0n) is 20.4. The Morgan fingerprint density at radius 3 is 2.65 bits per heavy atom. The number of fused-ring (bicyclic) bond motifs is 3. The summed E-state index contributed by atoms with van der Waals surface area (Å²) in [5, 5.41) is 3.42. The van der Waals surface area contributed by atoms with E-state index in [0.29, 0.717) is 35.5 Å². The van der Waals surface area contributed by atoms with Crippen LogP contribution in [0.1, 0.15) is 48.7 Å². The van der Waals surface area contributed by atoms with Crippen LogP contribution < -0.4 is 16.4 Å². The lowest BCUT2D eigenvalue weighted by Crippen LogP contribution is -2.22. The van der Waals surface area contributed by atoms with Gasteiger partial charge in [0.25, 0.3) is 5.56 Å². The van der Waals surface area contributed by atoms with Gasteiger partial charge in [0.05, 0.1) is 17.2 Å². The average Bonchev–Trinajstić information content (AvgIpc) is 3.60. The first-order valence-corrected chi connectivity index (χ1v) is 12.3. The molecule has 4 heterocycles. The molecular weight excluding hydrogens is 481 g/mol. The van der Waals surface area contributed by atoms with Gasteiger partial charge in [0.15, 0.2) is 5.49 Å². The van der Waals surface area contributed by atoms with E-state index in [4.69, 9.17) is 15.0 Å². The molecule has 0 saturated heterocycles. The Morgan fingerprint density at radius 1 is 1.11 bits per heavy atom. The monoisotopic (exact) mass is 506 g/mol. The second-order valence-electron chi connectivity index (χ2n) is 9.69. The van der Waals surface area contributed by atoms with E-state index >= 15 is 0 Å². The van der Waals surface area contributed by atoms with Gasteiger partial charge >= 0.3 is 6.18 Å². The highest BCUT2D eigenvalue weighted by Crippen LogP contribution is 2.40. The van der Waals surface area contributed by atoms with Gasteiger partial charge in [-0.1, -0.05) is 12.1 Å². The van der Waals surface area contributed by atoms with Crippen LogP contribution in [0.25, 0.3) is 22.5 Å². The molecule has 190 valence electrons. The van der Waals surface area contributed by atoms with Crippen molar-refractivity contribution < 1.29 is 13.2 Å². The summed E-state index contributed by atoms with van der Waals surface area (Å²) in [5.41, 5.74) is 2.36. The maximum absolute atomic E-state index is 13.3. The Balaban J connectivity index is 1.57. The molecule has 10 heteroatoms. The number of pyridine rings is 2. The predicted molar refractivity (Wildman–Crippen MR) is 133 cm³/mol. The molecule has 1 aliphatic carbocycles. The number of aromatic nitrogens is 4. The first-order chi connectivity index (χ1) is 17.7. The van der Waals surface area contributed by atoms with Crippen LogP contribution in [0.15, 0.2) is 58.4 Å². The van der Waals surface area contributed by atoms with Crippen LogP contribution in [-0.2, 0) is 19.8 Å². The normalized spacial score (nSPS) is 16.6. The second-order valence-corrected chi connectivity index (χ2v) is 9.69. The fraction of sp³-hybridized carbons (Fsp3) is 0.333. The third-order valence-electron chi connectivity index (χ3n) is 6.99. The van der Waals surface area contributed by atoms with Gasteiger partial charge in [0.2, 0.25) is 0 Å². The van der Waals surface area contributed by atoms with Crippen LogP contribution in [0.5, 0.6) is 0 Å². The molecule has 3 aliphatic heterocycles. The standard InChI is InChI=1S/C27H25F3N6O/c1-15(17-4-3-5-19(12-17)27(28,29)30)32-24-21-14-20(18-8-10-35(2)22(37)13-18)25-31-9-11-36(25)26(21)34-23(33-24)16-6-7-16/h3-5,8,10,12-16,31H,6-7,9,11H2,1-2H3. The predicted octanol–water partition coefficient (Wildman–Crippen LogP) is 4.73. The Hall–Kier alpha value is -3.95. The van der Waals surface area contributed by atoms with Crippen molar-refractivity contribution >= 4 is 5.82 Å². The van der Waals surface area contributed by atoms with Gasteiger partial charge in [-0.3, -0.25) is 9.79 Å². The first-order valence-electron chi connectivity index (χ1n) is 12.3. The Morgan fingerprint density at radius 2 is 1.92 bits per heavy atom. The summed E-state index contributed by atoms with van der Waals surface area (Å²) < 4.78 is 43.5. The highest BCUT2D eigenvalue weighted by molar-refractivity contribution is 5.82. The summed E-state index contributed by atoms with van der Waals surface area (Å²) in [6.07, 6.45) is -0.695. The summed E-state index contributed by atoms with van der Waals surface area (Å²) in [6, 6.07) is 10.1. The molecule has 0 bridgehead atoms. The first kappa shape index (κ1) is 23.4. The number of alkyl halides is 3. The zero-order chi connectivity index (χ0) is 25.9. The van der Waals surface area contributed by atoms with Gasteiger partial charge in [-0.15, -0.1) is 0 Å². The van der Waals surface area contributed by atoms with E-state index in [1.807, 2.05) is 12.1 Å². The highest BCUT2D eigenvalue weighted by Gasteiger charge is 2.32. The fourth-order valence-electron chi connectivity index (χ4n) is 4.75. The van der Waals surface area contributed by atoms with E-state index in [-0.39, 0.29) is 11.5 Å². The minimum atomic E-state index is -4.43. The van der Waals surface area contributed by atoms with E-state index in [9.17, 15) is 18.0 Å². The molecule has 0 spiro atoms. The molecule has 37 heavy (non-hydrogen) atoms. The molecule has 4 aliphatic rings. The van der Waals surface area contributed by atoms with Crippen molar-refractivity contribution in [3.05, 3.63) is 81.5 Å². The molecule has 6 rings (SSSR count). The van der Waals surface area contributed by atoms with Gasteiger partial charge in [-0.25, -0.2) is 9.97 Å². The average molecular weight is 507 g/mol. The summed E-state index contributed by atoms with van der Waals surface area (Å²) >= 11 is 0. The number of rotatable bonds is 4. The molecule has 1 fully saturated rings. The van der Waals surface area contributed by atoms with Crippen LogP contribution in [0.3, 0.4) is 0 Å². The largest absolute Gasteiger partial charge is 0.416 e. The smallest absolute Gasteiger partial charge is 0.369 e. The number of nitrogens with one attached hydrogen (secondary N) is 1. The minimum Gasteiger partial charge on any atom is -0.369 e. The van der Waals surface area contributed by atoms with E-state index in [1.165, 1.54) is 10.6 Å². The lowest BCUT2D eigenvalue weighted by molar-refractivity contribution is -0.137. The molecule has 1 unspecified atom stereocenters. The van der Waals surface area contributed by atoms with Crippen molar-refractivity contribution in [2.45, 2.75) is 44.4 Å². The van der Waals surface area contributed by atoms with E-state index < -0.39 is 17.8 Å². The quantitative estimate of drug-likeness (QED) is 0.434. The van der Waals surface area contributed by atoms with Crippen molar-refractivity contribution in [3.63, 3.8) is 0 Å². The number of hydrogen-bond donors (Lipinski definition) is 1. The van der Waals surface area contributed by atoms with Crippen LogP contribution in [0.2, 0.25) is 0 Å². The molecule has 1 aromatic heterocycles. The van der Waals surface area contributed by atoms with Gasteiger partial charge in [-0.05, 0) is 55.2 Å². The number of nitrogens with zero attached hydrogens (tertiary/aromatic N) is 5. The summed E-state index contributed by atoms with van der Waals surface area (Å²) in [4.78, 5) is 26.9. The number of hydrogen-bond acceptors (Lipinski definition) is 5. The molecule has 2 aromatic rings. The van der Waals surface area contributed by atoms with Gasteiger partial charge in [-0.2, -0.15) is 13.2 Å². The zero-order valence-corrected chi connectivity index (χ0v) is 20.4. The summed E-state index contributed by atoms with van der Waals surface area (Å²) in [7, 11) is 1.70. The van der Waals surface area contributed by atoms with Gasteiger partial charge in [0, 0.05) is 43.9 Å². The molecule has 1 N–H and O–H groups in total. The van der Waals surface area contributed by atoms with Crippen molar-refractivity contribution in [3.8, 4) is 22.5 Å². The minimum absolute atomic E-state index is 0.127. The van der Waals surface area contributed by atoms with Crippen LogP contribution >= 0.6 is 0 Å². The Labute approximate surface area is 210 Å². The highest BCUT2D eigenvalue weighted by atomic mass is 19.4. The van der Waals surface area contributed by atoms with E-state index in [0.717, 1.165) is 47.7 Å². The molecule has 0 radical (unpaired) electrons. The van der Waals surface area contributed by atoms with Crippen LogP contribution in [-0.4, -0.2) is 25.6 Å². The number of anilines is 1. The van der Waals surface area contributed by atoms with Crippen LogP contribution in [0.4, 0.5) is 19.0 Å². The van der Waals surface area contributed by atoms with Crippen molar-refractivity contribution in [2.75, 3.05) is 11.9 Å². The molecule has 0 amide bonds. The third kappa shape index (κ3) is 4.30. The number of halogens is 3. The molecule has 1 saturated carbocycles. The molecular formula is C27H25F3N6O. The molecule has 1 atom stereocenters. The molecule has 1 aromatic carbocycles. The number of aryl methyl sites for hydroxylation is 1. The van der Waals surface area contributed by atoms with Crippen molar-refractivity contribution in [1.29, 1.82) is 0 Å². The fourth-order valence-corrected chi connectivity index (χ4v) is 4.75. The Kier molecular flexibility index (Phi) is 5.43. The SMILES string of the molecule is CC(N=c1nc(C2CC2)nc2n3c(c(-c4ccn(C)c(=O)c4)cc1-2)NCC3)c1cccc(C(F)(F)F)c1. The Bertz CT molecular complexity index is 1620. The van der Waals surface area contributed by atoms with E-state index in [2.05, 4.69) is 9.88 Å². The lowest BCUT2D eigenvalue weighted by atomic mass is 10.0. The maximum Gasteiger partial charge on any atom is 0.416 e. The summed E-state index contributed by atoms with van der Waals surface area (Å²) in [5.74, 6) is 2.59. The van der Waals surface area contributed by atoms with E-state index in [1.54, 1.807) is 32.3 Å². The lowest BCUT2D eigenvalue weighted by Gasteiger charge is -2.19. The van der Waals surface area contributed by atoms with Crippen molar-refractivity contribution in [1.82, 2.24) is 19.1 Å². The van der Waals surface area contributed by atoms with Gasteiger partial charge < -0.3 is 14.5 Å². The summed E-state index contributed by atoms with van der Waals surface area (Å²) in [6.45, 7) is 3.17. The second kappa shape index (κ2) is 8.57. The van der Waals surface area contributed by atoms with Crippen molar-refractivity contribution in [2.24, 2.45) is 12.0 Å². The third-order valence-corrected chi connectivity index (χ3v) is 6.99. The maximum atomic E-state index is 13.3. The van der Waals surface area contributed by atoms with Crippen LogP contribution in [0, 0.1) is 0 Å². The topological polar surface area (TPSA) is 77.1 Å². The molecule has 7 nitrogen and oxygen atoms in total. The van der Waals surface area contributed by atoms with Gasteiger partial charge in [0.1, 0.15) is 17.5 Å². The number of benzene rings is 1.